The molecule has 3 rings (SSSR count). The number of fused-ring (bicyclic) bond motifs is 1. The molecule has 0 unspecified atom stereocenters. The van der Waals surface area contributed by atoms with Crippen LogP contribution in [0.4, 0.5) is 0 Å². The van der Waals surface area contributed by atoms with Gasteiger partial charge in [-0.25, -0.2) is 5.43 Å². The number of hydrazone groups is 1. The molecular weight excluding hydrogens is 300 g/mol. The molecule has 120 valence electrons. The molecule has 0 heterocycles. The average Bonchev–Trinajstić information content (AvgIpc) is 2.63. The summed E-state index contributed by atoms with van der Waals surface area (Å²) >= 11 is 0. The summed E-state index contributed by atoms with van der Waals surface area (Å²) in [5.74, 6) is -0.0366. The summed E-state index contributed by atoms with van der Waals surface area (Å²) in [6.07, 6.45) is 0.667. The molecule has 3 aromatic carbocycles. The molecule has 2 N–H and O–H groups in total. The molecule has 0 aliphatic rings. The van der Waals surface area contributed by atoms with E-state index >= 15 is 0 Å². The Labute approximate surface area is 140 Å². The highest BCUT2D eigenvalue weighted by Crippen LogP contribution is 2.18. The highest BCUT2D eigenvalue weighted by Gasteiger charge is 2.09. The lowest BCUT2D eigenvalue weighted by molar-refractivity contribution is 0.0956. The molecule has 4 heteroatoms. The van der Waals surface area contributed by atoms with Crippen LogP contribution in [0.3, 0.4) is 0 Å². The molecule has 0 spiro atoms. The van der Waals surface area contributed by atoms with E-state index in [1.807, 2.05) is 43.3 Å². The quantitative estimate of drug-likeness (QED) is 0.562. The lowest BCUT2D eigenvalue weighted by Crippen LogP contribution is -2.20. The Balaban J connectivity index is 1.86. The molecule has 3 aromatic rings. The van der Waals surface area contributed by atoms with E-state index in [-0.39, 0.29) is 11.7 Å². The van der Waals surface area contributed by atoms with Crippen LogP contribution in [0.5, 0.6) is 5.75 Å². The zero-order valence-electron chi connectivity index (χ0n) is 13.4. The molecular formula is C20H18N2O2. The Bertz CT molecular complexity index is 894. The van der Waals surface area contributed by atoms with Gasteiger partial charge in [0.2, 0.25) is 0 Å². The maximum Gasteiger partial charge on any atom is 0.272 e. The first kappa shape index (κ1) is 15.7. The van der Waals surface area contributed by atoms with Gasteiger partial charge in [0.15, 0.2) is 0 Å². The zero-order chi connectivity index (χ0) is 16.9. The first-order valence-corrected chi connectivity index (χ1v) is 7.83. The number of amides is 1. The van der Waals surface area contributed by atoms with E-state index in [9.17, 15) is 9.90 Å². The van der Waals surface area contributed by atoms with Gasteiger partial charge in [-0.2, -0.15) is 5.10 Å². The van der Waals surface area contributed by atoms with Crippen molar-refractivity contribution in [3.8, 4) is 5.75 Å². The van der Waals surface area contributed by atoms with Crippen molar-refractivity contribution >= 4 is 22.4 Å². The van der Waals surface area contributed by atoms with Crippen LogP contribution in [0, 0.1) is 0 Å². The third kappa shape index (κ3) is 3.27. The van der Waals surface area contributed by atoms with E-state index in [0.717, 1.165) is 22.0 Å². The smallest absolute Gasteiger partial charge is 0.272 e. The summed E-state index contributed by atoms with van der Waals surface area (Å²) < 4.78 is 0. The number of carbonyl (C=O) groups is 1. The van der Waals surface area contributed by atoms with Crippen LogP contribution < -0.4 is 5.43 Å². The maximum atomic E-state index is 12.5. The molecule has 0 saturated heterocycles. The summed E-state index contributed by atoms with van der Waals surface area (Å²) in [4.78, 5) is 12.5. The number of aromatic hydroxyl groups is 1. The Morgan fingerprint density at radius 1 is 1.00 bits per heavy atom. The largest absolute Gasteiger partial charge is 0.508 e. The second kappa shape index (κ2) is 6.96. The van der Waals surface area contributed by atoms with E-state index in [0.29, 0.717) is 12.0 Å². The number of nitrogens with one attached hydrogen (secondary N) is 1. The molecule has 0 bridgehead atoms. The third-order valence-electron chi connectivity index (χ3n) is 3.86. The number of hydrogen-bond acceptors (Lipinski definition) is 3. The van der Waals surface area contributed by atoms with Gasteiger partial charge in [-0.15, -0.1) is 0 Å². The predicted octanol–water partition coefficient (Wildman–Crippen LogP) is 4.09. The van der Waals surface area contributed by atoms with E-state index in [2.05, 4.69) is 10.5 Å². The fourth-order valence-corrected chi connectivity index (χ4v) is 2.60. The van der Waals surface area contributed by atoms with Crippen molar-refractivity contribution in [2.24, 2.45) is 5.10 Å². The van der Waals surface area contributed by atoms with Crippen molar-refractivity contribution in [2.45, 2.75) is 13.3 Å². The number of hydrogen-bond donors (Lipinski definition) is 2. The number of phenolic OH excluding ortho intramolecular Hbond substituents is 1. The molecule has 0 aliphatic carbocycles. The number of phenols is 1. The van der Waals surface area contributed by atoms with E-state index in [1.54, 1.807) is 30.3 Å². The first-order chi connectivity index (χ1) is 11.7. The van der Waals surface area contributed by atoms with Crippen molar-refractivity contribution in [3.63, 3.8) is 0 Å². The van der Waals surface area contributed by atoms with Crippen molar-refractivity contribution in [3.05, 3.63) is 77.9 Å². The number of rotatable bonds is 4. The highest BCUT2D eigenvalue weighted by molar-refractivity contribution is 6.08. The Kier molecular flexibility index (Phi) is 4.57. The van der Waals surface area contributed by atoms with Gasteiger partial charge >= 0.3 is 0 Å². The van der Waals surface area contributed by atoms with Crippen LogP contribution in [0.25, 0.3) is 10.8 Å². The Morgan fingerprint density at radius 3 is 2.46 bits per heavy atom. The normalized spacial score (nSPS) is 11.5. The Hall–Kier alpha value is -3.14. The van der Waals surface area contributed by atoms with Crippen LogP contribution >= 0.6 is 0 Å². The topological polar surface area (TPSA) is 61.7 Å². The average molecular weight is 318 g/mol. The molecule has 0 atom stereocenters. The predicted molar refractivity (Wildman–Crippen MR) is 96.3 cm³/mol. The van der Waals surface area contributed by atoms with Gasteiger partial charge in [-0.05, 0) is 53.1 Å². The monoisotopic (exact) mass is 318 g/mol. The minimum absolute atomic E-state index is 0.203. The van der Waals surface area contributed by atoms with E-state index in [4.69, 9.17) is 0 Å². The van der Waals surface area contributed by atoms with Crippen molar-refractivity contribution in [1.82, 2.24) is 5.43 Å². The van der Waals surface area contributed by atoms with Crippen molar-refractivity contribution < 1.29 is 9.90 Å². The molecule has 0 radical (unpaired) electrons. The van der Waals surface area contributed by atoms with Crippen LogP contribution in [0.2, 0.25) is 0 Å². The summed E-state index contributed by atoms with van der Waals surface area (Å²) in [6, 6.07) is 20.2. The minimum Gasteiger partial charge on any atom is -0.508 e. The minimum atomic E-state index is -0.239. The number of carbonyl (C=O) groups excluding carboxylic acids is 1. The van der Waals surface area contributed by atoms with E-state index < -0.39 is 0 Å². The summed E-state index contributed by atoms with van der Waals surface area (Å²) in [7, 11) is 0. The van der Waals surface area contributed by atoms with Crippen LogP contribution in [0.1, 0.15) is 29.3 Å². The van der Waals surface area contributed by atoms with Gasteiger partial charge in [0.25, 0.3) is 5.91 Å². The van der Waals surface area contributed by atoms with Crippen LogP contribution in [-0.2, 0) is 0 Å². The number of nitrogens with zero attached hydrogens (tertiary/aromatic N) is 1. The van der Waals surface area contributed by atoms with Gasteiger partial charge in [0.05, 0.1) is 5.71 Å². The zero-order valence-corrected chi connectivity index (χ0v) is 13.4. The summed E-state index contributed by atoms with van der Waals surface area (Å²) in [5.41, 5.74) is 4.86. The van der Waals surface area contributed by atoms with Gasteiger partial charge in [-0.3, -0.25) is 4.79 Å². The fraction of sp³-hybridized carbons (Fsp3) is 0.100. The first-order valence-electron chi connectivity index (χ1n) is 7.83. The van der Waals surface area contributed by atoms with Gasteiger partial charge in [0.1, 0.15) is 5.75 Å². The van der Waals surface area contributed by atoms with Crippen molar-refractivity contribution in [2.75, 3.05) is 0 Å². The molecule has 0 aliphatic heterocycles. The van der Waals surface area contributed by atoms with E-state index in [1.165, 1.54) is 0 Å². The molecule has 24 heavy (non-hydrogen) atoms. The second-order valence-corrected chi connectivity index (χ2v) is 5.43. The maximum absolute atomic E-state index is 12.5. The van der Waals surface area contributed by atoms with Gasteiger partial charge in [-0.1, -0.05) is 43.3 Å². The lowest BCUT2D eigenvalue weighted by Gasteiger charge is -2.07. The molecule has 0 aromatic heterocycles. The Morgan fingerprint density at radius 2 is 1.71 bits per heavy atom. The number of benzene rings is 3. The molecule has 0 saturated carbocycles. The summed E-state index contributed by atoms with van der Waals surface area (Å²) in [6.45, 7) is 1.97. The third-order valence-corrected chi connectivity index (χ3v) is 3.86. The van der Waals surface area contributed by atoms with Crippen LogP contribution in [0.15, 0.2) is 71.8 Å². The SMILES string of the molecule is CC/C(=N\NC(=O)c1cccc2ccccc12)c1ccc(O)cc1. The van der Waals surface area contributed by atoms with Crippen LogP contribution in [-0.4, -0.2) is 16.7 Å². The molecule has 4 nitrogen and oxygen atoms in total. The second-order valence-electron chi connectivity index (χ2n) is 5.43. The molecule has 1 amide bonds. The van der Waals surface area contributed by atoms with Crippen molar-refractivity contribution in [1.29, 1.82) is 0 Å². The fourth-order valence-electron chi connectivity index (χ4n) is 2.60. The molecule has 0 fully saturated rings. The summed E-state index contributed by atoms with van der Waals surface area (Å²) in [5, 5.41) is 15.5. The van der Waals surface area contributed by atoms with Gasteiger partial charge in [0, 0.05) is 5.56 Å². The lowest BCUT2D eigenvalue weighted by atomic mass is 10.0. The van der Waals surface area contributed by atoms with Gasteiger partial charge < -0.3 is 5.11 Å². The highest BCUT2D eigenvalue weighted by atomic mass is 16.3. The standard InChI is InChI=1S/C20H18N2O2/c1-2-19(15-10-12-16(23)13-11-15)21-22-20(24)18-9-5-7-14-6-3-4-8-17(14)18/h3-13,23H,2H2,1H3,(H,22,24)/b21-19+.